The zero-order valence-corrected chi connectivity index (χ0v) is 14.4. The molecule has 0 unspecified atom stereocenters. The van der Waals surface area contributed by atoms with Crippen molar-refractivity contribution in [1.82, 2.24) is 0 Å². The number of rotatable bonds is 2. The van der Waals surface area contributed by atoms with Gasteiger partial charge in [0.1, 0.15) is 5.04 Å². The Morgan fingerprint density at radius 3 is 2.52 bits per heavy atom. The quantitative estimate of drug-likeness (QED) is 0.588. The maximum Gasteiger partial charge on any atom is 0.269 e. The Morgan fingerprint density at radius 2 is 2.00 bits per heavy atom. The smallest absolute Gasteiger partial charge is 0.269 e. The minimum atomic E-state index is -0.384. The third kappa shape index (κ3) is 1.78. The number of hydrogen-bond acceptors (Lipinski definition) is 5. The summed E-state index contributed by atoms with van der Waals surface area (Å²) >= 11 is 1.71. The molecule has 5 nitrogen and oxygen atoms in total. The zero-order chi connectivity index (χ0) is 16.5. The first-order chi connectivity index (χ1) is 10.8. The normalized spacial score (nSPS) is 37.0. The van der Waals surface area contributed by atoms with Gasteiger partial charge >= 0.3 is 0 Å². The van der Waals surface area contributed by atoms with Crippen molar-refractivity contribution in [1.29, 1.82) is 0 Å². The fourth-order valence-electron chi connectivity index (χ4n) is 4.62. The van der Waals surface area contributed by atoms with Gasteiger partial charge in [-0.2, -0.15) is 0 Å². The van der Waals surface area contributed by atoms with Gasteiger partial charge in [0.15, 0.2) is 4.93 Å². The van der Waals surface area contributed by atoms with E-state index in [-0.39, 0.29) is 26.4 Å². The lowest BCUT2D eigenvalue weighted by molar-refractivity contribution is -0.384. The maximum atomic E-state index is 10.8. The molecule has 1 aromatic rings. The number of nitrogens with zero attached hydrogens (tertiary/aromatic N) is 2. The van der Waals surface area contributed by atoms with Crippen LogP contribution in [0.1, 0.15) is 45.6 Å². The Labute approximate surface area is 139 Å². The van der Waals surface area contributed by atoms with E-state index in [9.17, 15) is 10.1 Å². The third-order valence-electron chi connectivity index (χ3n) is 6.65. The van der Waals surface area contributed by atoms with Gasteiger partial charge in [0.2, 0.25) is 0 Å². The van der Waals surface area contributed by atoms with Crippen LogP contribution in [0.15, 0.2) is 29.4 Å². The summed E-state index contributed by atoms with van der Waals surface area (Å²) in [6.07, 6.45) is 3.46. The predicted molar refractivity (Wildman–Crippen MR) is 90.3 cm³/mol. The molecule has 122 valence electrons. The molecule has 1 aromatic carbocycles. The summed E-state index contributed by atoms with van der Waals surface area (Å²) in [5.41, 5.74) is 1.34. The number of thioether (sulfide) groups is 1. The summed E-state index contributed by atoms with van der Waals surface area (Å²) in [5, 5.41) is 16.0. The summed E-state index contributed by atoms with van der Waals surface area (Å²) in [4.78, 5) is 16.2. The van der Waals surface area contributed by atoms with Crippen LogP contribution in [0.25, 0.3) is 0 Å². The first-order valence-corrected chi connectivity index (χ1v) is 8.81. The first kappa shape index (κ1) is 15.0. The van der Waals surface area contributed by atoms with Gasteiger partial charge in [-0.1, -0.05) is 37.7 Å². The van der Waals surface area contributed by atoms with E-state index in [2.05, 4.69) is 25.9 Å². The summed E-state index contributed by atoms with van der Waals surface area (Å²) in [5.74, 6) is 0.673. The number of oxime groups is 1. The highest BCUT2D eigenvalue weighted by atomic mass is 32.2. The van der Waals surface area contributed by atoms with E-state index < -0.39 is 0 Å². The van der Waals surface area contributed by atoms with Crippen molar-refractivity contribution < 1.29 is 9.76 Å². The molecule has 3 aliphatic rings. The van der Waals surface area contributed by atoms with E-state index in [1.807, 2.05) is 0 Å². The van der Waals surface area contributed by atoms with Crippen LogP contribution in [-0.2, 0) is 4.84 Å². The van der Waals surface area contributed by atoms with Crippen molar-refractivity contribution in [3.63, 3.8) is 0 Å². The third-order valence-corrected chi connectivity index (χ3v) is 8.18. The number of non-ortho nitro benzene ring substituents is 1. The zero-order valence-electron chi connectivity index (χ0n) is 13.5. The fraction of sp³-hybridized carbons (Fsp3) is 0.588. The molecular weight excluding hydrogens is 312 g/mol. The molecule has 2 fully saturated rings. The van der Waals surface area contributed by atoms with Crippen LogP contribution in [0.3, 0.4) is 0 Å². The van der Waals surface area contributed by atoms with Gasteiger partial charge in [0.25, 0.3) is 5.69 Å². The highest BCUT2D eigenvalue weighted by molar-refractivity contribution is 8.15. The molecule has 23 heavy (non-hydrogen) atoms. The summed E-state index contributed by atoms with van der Waals surface area (Å²) in [6, 6.07) is 6.56. The Bertz CT molecular complexity index is 715. The molecule has 3 atom stereocenters. The predicted octanol–water partition coefficient (Wildman–Crippen LogP) is 4.56. The molecule has 1 aliphatic heterocycles. The molecule has 2 aliphatic carbocycles. The highest BCUT2D eigenvalue weighted by Crippen LogP contribution is 2.74. The Hall–Kier alpha value is -1.56. The van der Waals surface area contributed by atoms with Crippen molar-refractivity contribution in [3.05, 3.63) is 39.9 Å². The number of fused-ring (bicyclic) bond motifs is 3. The van der Waals surface area contributed by atoms with Crippen LogP contribution in [-0.4, -0.2) is 14.9 Å². The molecule has 0 amide bonds. The van der Waals surface area contributed by atoms with Crippen molar-refractivity contribution in [2.45, 2.75) is 45.0 Å². The Kier molecular flexibility index (Phi) is 2.93. The first-order valence-electron chi connectivity index (χ1n) is 7.99. The van der Waals surface area contributed by atoms with Crippen LogP contribution < -0.4 is 0 Å². The van der Waals surface area contributed by atoms with Crippen LogP contribution in [0, 0.1) is 26.9 Å². The minimum absolute atomic E-state index is 0.0981. The van der Waals surface area contributed by atoms with E-state index in [4.69, 9.17) is 4.84 Å². The molecule has 0 radical (unpaired) electrons. The van der Waals surface area contributed by atoms with Crippen molar-refractivity contribution in [3.8, 4) is 0 Å². The van der Waals surface area contributed by atoms with Crippen molar-refractivity contribution >= 4 is 22.5 Å². The van der Waals surface area contributed by atoms with Gasteiger partial charge in [0, 0.05) is 29.5 Å². The van der Waals surface area contributed by atoms with Gasteiger partial charge in [0.05, 0.1) is 4.92 Å². The van der Waals surface area contributed by atoms with Crippen LogP contribution in [0.2, 0.25) is 0 Å². The standard InChI is InChI=1S/C17H20N2O3S/c1-15(2)12-8-9-16(15,3)17(10-12)22-18-14(23-17)11-4-6-13(7-5-11)19(20)21/h4-7,12H,8-10H2,1-3H3/t12-,16-,17+/m1/s1. The van der Waals surface area contributed by atoms with E-state index in [1.165, 1.54) is 25.0 Å². The molecule has 0 aromatic heterocycles. The number of nitro benzene ring substituents is 1. The second-order valence-electron chi connectivity index (χ2n) is 7.64. The second-order valence-corrected chi connectivity index (χ2v) is 8.89. The molecule has 2 saturated carbocycles. The lowest BCUT2D eigenvalue weighted by atomic mass is 9.69. The number of hydrogen-bond donors (Lipinski definition) is 0. The second kappa shape index (κ2) is 4.50. The van der Waals surface area contributed by atoms with Gasteiger partial charge in [-0.25, -0.2) is 0 Å². The molecule has 1 heterocycles. The molecule has 6 heteroatoms. The summed E-state index contributed by atoms with van der Waals surface area (Å²) < 4.78 is 0. The van der Waals surface area contributed by atoms with Gasteiger partial charge in [-0.15, -0.1) is 0 Å². The average molecular weight is 332 g/mol. The van der Waals surface area contributed by atoms with Gasteiger partial charge in [-0.3, -0.25) is 10.1 Å². The maximum absolute atomic E-state index is 10.8. The van der Waals surface area contributed by atoms with Crippen LogP contribution >= 0.6 is 11.8 Å². The van der Waals surface area contributed by atoms with E-state index in [0.29, 0.717) is 5.92 Å². The molecule has 2 bridgehead atoms. The fourth-order valence-corrected chi connectivity index (χ4v) is 6.21. The van der Waals surface area contributed by atoms with Gasteiger partial charge in [-0.05, 0) is 36.3 Å². The summed E-state index contributed by atoms with van der Waals surface area (Å²) in [6.45, 7) is 7.04. The molecule has 0 saturated heterocycles. The lowest BCUT2D eigenvalue weighted by Gasteiger charge is -2.43. The molecule has 4 rings (SSSR count). The van der Waals surface area contributed by atoms with E-state index in [0.717, 1.165) is 17.0 Å². The molecule has 0 N–H and O–H groups in total. The number of benzene rings is 1. The Morgan fingerprint density at radius 1 is 1.30 bits per heavy atom. The molecular formula is C17H20N2O3S. The minimum Gasteiger partial charge on any atom is -0.376 e. The van der Waals surface area contributed by atoms with Crippen molar-refractivity contribution in [2.24, 2.45) is 21.9 Å². The lowest BCUT2D eigenvalue weighted by Crippen LogP contribution is -2.44. The monoisotopic (exact) mass is 332 g/mol. The summed E-state index contributed by atoms with van der Waals surface area (Å²) in [7, 11) is 0. The van der Waals surface area contributed by atoms with Crippen LogP contribution in [0.5, 0.6) is 0 Å². The van der Waals surface area contributed by atoms with E-state index >= 15 is 0 Å². The largest absolute Gasteiger partial charge is 0.376 e. The number of nitro groups is 1. The van der Waals surface area contributed by atoms with Gasteiger partial charge < -0.3 is 4.84 Å². The molecule has 1 spiro atoms. The SMILES string of the molecule is CC1(C)[C@@H]2CC[C@@]1(C)[C@@]1(C2)ON=C(c2ccc([N+](=O)[O-])cc2)S1. The highest BCUT2D eigenvalue weighted by Gasteiger charge is 2.72. The van der Waals surface area contributed by atoms with Crippen LogP contribution in [0.4, 0.5) is 5.69 Å². The average Bonchev–Trinajstić information content (AvgIpc) is 3.08. The van der Waals surface area contributed by atoms with E-state index in [1.54, 1.807) is 23.9 Å². The van der Waals surface area contributed by atoms with Crippen molar-refractivity contribution in [2.75, 3.05) is 0 Å². The topological polar surface area (TPSA) is 64.7 Å². The Balaban J connectivity index is 1.61.